The summed E-state index contributed by atoms with van der Waals surface area (Å²) >= 11 is 9.83. The Labute approximate surface area is 166 Å². The van der Waals surface area contributed by atoms with Crippen LogP contribution >= 0.6 is 39.9 Å². The van der Waals surface area contributed by atoms with Crippen LogP contribution in [0.3, 0.4) is 0 Å². The zero-order chi connectivity index (χ0) is 18.2. The summed E-state index contributed by atoms with van der Waals surface area (Å²) in [5.74, 6) is -0.453. The zero-order valence-corrected chi connectivity index (χ0v) is 17.3. The molecular formula is C18H21BrN2O2S2. The number of amides is 2. The summed E-state index contributed by atoms with van der Waals surface area (Å²) in [6.07, 6.45) is 7.55. The van der Waals surface area contributed by atoms with Gasteiger partial charge in [0.15, 0.2) is 4.32 Å². The molecule has 1 fully saturated rings. The Morgan fingerprint density at radius 3 is 2.80 bits per heavy atom. The molecule has 0 aromatic heterocycles. The standard InChI is InChI=1S/C18H21BrN2O2S2/c1-2-3-4-5-6-10-16(22)20-21-17(23)15(25-18(21)24)12-13-8-7-9-14(19)11-13/h7-9,11-12H,2-6,10H2,1H3,(H,20,22). The van der Waals surface area contributed by atoms with E-state index in [4.69, 9.17) is 12.2 Å². The molecule has 2 amide bonds. The van der Waals surface area contributed by atoms with Gasteiger partial charge in [0.25, 0.3) is 5.91 Å². The van der Waals surface area contributed by atoms with Crippen LogP contribution in [0.1, 0.15) is 51.0 Å². The molecule has 0 bridgehead atoms. The van der Waals surface area contributed by atoms with Crippen LogP contribution in [0.5, 0.6) is 0 Å². The van der Waals surface area contributed by atoms with Crippen molar-refractivity contribution in [3.63, 3.8) is 0 Å². The van der Waals surface area contributed by atoms with E-state index in [2.05, 4.69) is 28.3 Å². The molecule has 1 aromatic rings. The Morgan fingerprint density at radius 2 is 2.08 bits per heavy atom. The Morgan fingerprint density at radius 1 is 1.32 bits per heavy atom. The van der Waals surface area contributed by atoms with E-state index in [0.717, 1.165) is 29.3 Å². The Bertz CT molecular complexity index is 691. The van der Waals surface area contributed by atoms with E-state index in [9.17, 15) is 9.59 Å². The molecule has 4 nitrogen and oxygen atoms in total. The maximum atomic E-state index is 12.5. The summed E-state index contributed by atoms with van der Waals surface area (Å²) in [5, 5.41) is 1.18. The van der Waals surface area contributed by atoms with E-state index in [-0.39, 0.29) is 11.8 Å². The number of carbonyl (C=O) groups excluding carboxylic acids is 2. The van der Waals surface area contributed by atoms with Crippen LogP contribution in [0, 0.1) is 0 Å². The molecule has 0 atom stereocenters. The van der Waals surface area contributed by atoms with Gasteiger partial charge in [-0.15, -0.1) is 0 Å². The number of rotatable bonds is 8. The first kappa shape index (κ1) is 20.1. The number of benzene rings is 1. The molecule has 1 aliphatic rings. The first-order valence-corrected chi connectivity index (χ1v) is 10.4. The lowest BCUT2D eigenvalue weighted by atomic mass is 10.1. The van der Waals surface area contributed by atoms with Crippen LogP contribution < -0.4 is 5.43 Å². The summed E-state index contributed by atoms with van der Waals surface area (Å²) in [6, 6.07) is 7.65. The summed E-state index contributed by atoms with van der Waals surface area (Å²) in [5.41, 5.74) is 3.53. The molecule has 1 saturated heterocycles. The smallest absolute Gasteiger partial charge is 0.273 e. The average molecular weight is 441 g/mol. The van der Waals surface area contributed by atoms with E-state index >= 15 is 0 Å². The maximum Gasteiger partial charge on any atom is 0.285 e. The van der Waals surface area contributed by atoms with Gasteiger partial charge in [-0.1, -0.05) is 72.4 Å². The fourth-order valence-electron chi connectivity index (χ4n) is 2.38. The van der Waals surface area contributed by atoms with Gasteiger partial charge in [0, 0.05) is 10.9 Å². The monoisotopic (exact) mass is 440 g/mol. The molecule has 1 aliphatic heterocycles. The second-order valence-electron chi connectivity index (χ2n) is 5.77. The molecule has 1 heterocycles. The number of nitrogens with one attached hydrogen (secondary N) is 1. The molecule has 25 heavy (non-hydrogen) atoms. The first-order chi connectivity index (χ1) is 12.0. The number of hydrazine groups is 1. The highest BCUT2D eigenvalue weighted by atomic mass is 79.9. The number of thioether (sulfide) groups is 1. The van der Waals surface area contributed by atoms with Crippen molar-refractivity contribution < 1.29 is 9.59 Å². The van der Waals surface area contributed by atoms with E-state index in [1.54, 1.807) is 6.08 Å². The van der Waals surface area contributed by atoms with Crippen LogP contribution in [-0.4, -0.2) is 21.1 Å². The number of hydrogen-bond acceptors (Lipinski definition) is 4. The highest BCUT2D eigenvalue weighted by molar-refractivity contribution is 9.10. The van der Waals surface area contributed by atoms with Gasteiger partial charge < -0.3 is 0 Å². The number of halogens is 1. The van der Waals surface area contributed by atoms with Gasteiger partial charge in [-0.05, 0) is 42.4 Å². The highest BCUT2D eigenvalue weighted by Gasteiger charge is 2.33. The minimum atomic E-state index is -0.283. The molecule has 1 aromatic carbocycles. The third kappa shape index (κ3) is 6.24. The van der Waals surface area contributed by atoms with Crippen molar-refractivity contribution in [2.24, 2.45) is 0 Å². The Balaban J connectivity index is 1.91. The number of carbonyl (C=O) groups is 2. The van der Waals surface area contributed by atoms with Gasteiger partial charge in [-0.25, -0.2) is 0 Å². The summed E-state index contributed by atoms with van der Waals surface area (Å²) in [7, 11) is 0. The van der Waals surface area contributed by atoms with Crippen molar-refractivity contribution in [1.82, 2.24) is 10.4 Å². The number of unbranched alkanes of at least 4 members (excludes halogenated alkanes) is 4. The van der Waals surface area contributed by atoms with E-state index in [1.165, 1.54) is 29.6 Å². The average Bonchev–Trinajstić information content (AvgIpc) is 2.82. The third-order valence-corrected chi connectivity index (χ3v) is 5.48. The van der Waals surface area contributed by atoms with Crippen molar-refractivity contribution in [2.75, 3.05) is 0 Å². The fourth-order valence-corrected chi connectivity index (χ4v) is 3.98. The van der Waals surface area contributed by atoms with Crippen LogP contribution in [-0.2, 0) is 9.59 Å². The number of hydrogen-bond donors (Lipinski definition) is 1. The molecule has 0 aliphatic carbocycles. The molecule has 0 unspecified atom stereocenters. The van der Waals surface area contributed by atoms with Crippen molar-refractivity contribution in [1.29, 1.82) is 0 Å². The largest absolute Gasteiger partial charge is 0.285 e. The molecular weight excluding hydrogens is 420 g/mol. The van der Waals surface area contributed by atoms with Gasteiger partial charge in [-0.3, -0.25) is 15.0 Å². The Hall–Kier alpha value is -1.18. The summed E-state index contributed by atoms with van der Waals surface area (Å²) in [4.78, 5) is 25.0. The SMILES string of the molecule is CCCCCCCC(=O)NN1C(=O)C(=Cc2cccc(Br)c2)SC1=S. The topological polar surface area (TPSA) is 49.4 Å². The van der Waals surface area contributed by atoms with Crippen LogP contribution in [0.15, 0.2) is 33.6 Å². The van der Waals surface area contributed by atoms with Gasteiger partial charge >= 0.3 is 0 Å². The second-order valence-corrected chi connectivity index (χ2v) is 8.36. The predicted octanol–water partition coefficient (Wildman–Crippen LogP) is 5.04. The van der Waals surface area contributed by atoms with Crippen molar-refractivity contribution in [3.8, 4) is 0 Å². The van der Waals surface area contributed by atoms with Gasteiger partial charge in [0.2, 0.25) is 5.91 Å². The minimum Gasteiger partial charge on any atom is -0.273 e. The van der Waals surface area contributed by atoms with Crippen molar-refractivity contribution in [2.45, 2.75) is 45.4 Å². The third-order valence-electron chi connectivity index (χ3n) is 3.68. The second kappa shape index (κ2) is 10.1. The lowest BCUT2D eigenvalue weighted by Gasteiger charge is -2.15. The molecule has 134 valence electrons. The van der Waals surface area contributed by atoms with Gasteiger partial charge in [0.05, 0.1) is 4.91 Å². The fraction of sp³-hybridized carbons (Fsp3) is 0.389. The van der Waals surface area contributed by atoms with Gasteiger partial charge in [0.1, 0.15) is 0 Å². The normalized spacial score (nSPS) is 15.9. The van der Waals surface area contributed by atoms with Crippen molar-refractivity contribution >= 4 is 62.1 Å². The molecule has 1 N–H and O–H groups in total. The molecule has 0 radical (unpaired) electrons. The predicted molar refractivity (Wildman–Crippen MR) is 111 cm³/mol. The van der Waals surface area contributed by atoms with Crippen molar-refractivity contribution in [3.05, 3.63) is 39.2 Å². The van der Waals surface area contributed by atoms with Crippen LogP contribution in [0.25, 0.3) is 6.08 Å². The molecule has 2 rings (SSSR count). The van der Waals surface area contributed by atoms with E-state index < -0.39 is 0 Å². The minimum absolute atomic E-state index is 0.170. The number of thiocarbonyl (C=S) groups is 1. The maximum absolute atomic E-state index is 12.5. The molecule has 7 heteroatoms. The Kier molecular flexibility index (Phi) is 8.12. The lowest BCUT2D eigenvalue weighted by molar-refractivity contribution is -0.133. The number of nitrogens with zero attached hydrogens (tertiary/aromatic N) is 1. The lowest BCUT2D eigenvalue weighted by Crippen LogP contribution is -2.44. The van der Waals surface area contributed by atoms with Gasteiger partial charge in [-0.2, -0.15) is 5.01 Å². The van der Waals surface area contributed by atoms with Crippen LogP contribution in [0.4, 0.5) is 0 Å². The van der Waals surface area contributed by atoms with E-state index in [1.807, 2.05) is 24.3 Å². The molecule has 0 saturated carbocycles. The summed E-state index contributed by atoms with van der Waals surface area (Å²) < 4.78 is 1.29. The van der Waals surface area contributed by atoms with E-state index in [0.29, 0.717) is 15.6 Å². The highest BCUT2D eigenvalue weighted by Crippen LogP contribution is 2.31. The first-order valence-electron chi connectivity index (χ1n) is 8.34. The quantitative estimate of drug-likeness (QED) is 0.349. The zero-order valence-electron chi connectivity index (χ0n) is 14.1. The molecule has 0 spiro atoms. The van der Waals surface area contributed by atoms with Crippen LogP contribution in [0.2, 0.25) is 0 Å². The summed E-state index contributed by atoms with van der Waals surface area (Å²) in [6.45, 7) is 2.16.